The van der Waals surface area contributed by atoms with E-state index in [9.17, 15) is 18.0 Å². The van der Waals surface area contributed by atoms with Crippen LogP contribution in [0.3, 0.4) is 0 Å². The Kier molecular flexibility index (Phi) is 8.02. The van der Waals surface area contributed by atoms with Crippen LogP contribution in [0.25, 0.3) is 10.8 Å². The molecule has 1 aromatic heterocycles. The lowest BCUT2D eigenvalue weighted by Crippen LogP contribution is -2.65. The van der Waals surface area contributed by atoms with Crippen LogP contribution in [0.2, 0.25) is 5.02 Å². The van der Waals surface area contributed by atoms with Crippen LogP contribution in [0.5, 0.6) is 0 Å². The highest BCUT2D eigenvalue weighted by Crippen LogP contribution is 2.36. The third-order valence-corrected chi connectivity index (χ3v) is 8.76. The van der Waals surface area contributed by atoms with Gasteiger partial charge in [0.25, 0.3) is 0 Å². The molecule has 0 unspecified atom stereocenters. The highest BCUT2D eigenvalue weighted by Gasteiger charge is 2.49. The Morgan fingerprint density at radius 3 is 2.22 bits per heavy atom. The maximum absolute atomic E-state index is 13.8. The van der Waals surface area contributed by atoms with E-state index >= 15 is 0 Å². The average Bonchev–Trinajstić information content (AvgIpc) is 2.88. The molecular formula is C24H24BrClN4O6S. The van der Waals surface area contributed by atoms with E-state index in [-0.39, 0.29) is 43.3 Å². The van der Waals surface area contributed by atoms with E-state index in [1.165, 1.54) is 37.0 Å². The minimum atomic E-state index is -4.01. The molecule has 0 aliphatic carbocycles. The molecule has 4 rings (SSSR count). The lowest BCUT2D eigenvalue weighted by Gasteiger charge is -2.49. The van der Waals surface area contributed by atoms with E-state index in [1.807, 2.05) is 0 Å². The molecule has 3 aromatic rings. The van der Waals surface area contributed by atoms with Gasteiger partial charge in [-0.2, -0.15) is 4.31 Å². The number of piperazine rings is 1. The maximum atomic E-state index is 13.8. The maximum Gasteiger partial charge on any atom is 0.307 e. The molecule has 1 aliphatic rings. The summed E-state index contributed by atoms with van der Waals surface area (Å²) in [6, 6.07) is 9.97. The smallest absolute Gasteiger partial charge is 0.307 e. The third kappa shape index (κ3) is 5.71. The Hall–Kier alpha value is -2.80. The molecule has 196 valence electrons. The molecule has 1 fully saturated rings. The number of methoxy groups -OCH3 is 2. The Morgan fingerprint density at radius 1 is 1.00 bits per heavy atom. The van der Waals surface area contributed by atoms with E-state index in [4.69, 9.17) is 21.1 Å². The molecule has 0 spiro atoms. The minimum absolute atomic E-state index is 0.0739. The molecule has 37 heavy (non-hydrogen) atoms. The number of hydrogen-bond donors (Lipinski definition) is 0. The molecule has 0 saturated carbocycles. The van der Waals surface area contributed by atoms with Gasteiger partial charge in [0.15, 0.2) is 0 Å². The van der Waals surface area contributed by atoms with Crippen LogP contribution < -0.4 is 4.90 Å². The van der Waals surface area contributed by atoms with Crippen LogP contribution >= 0.6 is 27.5 Å². The van der Waals surface area contributed by atoms with Crippen molar-refractivity contribution in [2.45, 2.75) is 23.3 Å². The highest BCUT2D eigenvalue weighted by molar-refractivity contribution is 9.10. The van der Waals surface area contributed by atoms with Crippen LogP contribution in [-0.4, -0.2) is 74.0 Å². The van der Waals surface area contributed by atoms with Gasteiger partial charge in [0.2, 0.25) is 16.0 Å². The molecule has 2 aromatic carbocycles. The number of halogens is 2. The number of fused-ring (bicyclic) bond motifs is 1. The number of nitrogens with zero attached hydrogens (tertiary/aromatic N) is 4. The van der Waals surface area contributed by atoms with Crippen molar-refractivity contribution in [3.05, 3.63) is 58.3 Å². The number of rotatable bonds is 7. The summed E-state index contributed by atoms with van der Waals surface area (Å²) in [6.07, 6.45) is 2.49. The molecule has 0 amide bonds. The molecule has 0 radical (unpaired) electrons. The first-order valence-electron chi connectivity index (χ1n) is 11.2. The number of anilines is 1. The van der Waals surface area contributed by atoms with Crippen molar-refractivity contribution in [2.24, 2.45) is 0 Å². The fourth-order valence-corrected chi connectivity index (χ4v) is 6.39. The summed E-state index contributed by atoms with van der Waals surface area (Å²) < 4.78 is 39.3. The molecule has 1 saturated heterocycles. The molecular weight excluding hydrogens is 588 g/mol. The zero-order valence-electron chi connectivity index (χ0n) is 20.1. The number of aromatic nitrogens is 2. The molecule has 0 atom stereocenters. The van der Waals surface area contributed by atoms with Crippen molar-refractivity contribution in [3.8, 4) is 0 Å². The molecule has 2 heterocycles. The summed E-state index contributed by atoms with van der Waals surface area (Å²) in [7, 11) is -1.55. The zero-order valence-corrected chi connectivity index (χ0v) is 23.2. The number of carbonyl (C=O) groups is 2. The number of carbonyl (C=O) groups excluding carboxylic acids is 2. The van der Waals surface area contributed by atoms with Crippen molar-refractivity contribution >= 4 is 66.2 Å². The van der Waals surface area contributed by atoms with Crippen molar-refractivity contribution in [1.29, 1.82) is 0 Å². The fraction of sp³-hybridized carbons (Fsp3) is 0.333. The van der Waals surface area contributed by atoms with Gasteiger partial charge < -0.3 is 14.4 Å². The van der Waals surface area contributed by atoms with Gasteiger partial charge in [-0.25, -0.2) is 18.4 Å². The topological polar surface area (TPSA) is 119 Å². The van der Waals surface area contributed by atoms with Gasteiger partial charge in [0, 0.05) is 37.1 Å². The first kappa shape index (κ1) is 27.2. The Balaban J connectivity index is 1.77. The van der Waals surface area contributed by atoms with Gasteiger partial charge in [-0.1, -0.05) is 23.7 Å². The van der Waals surface area contributed by atoms with E-state index in [0.717, 1.165) is 5.39 Å². The summed E-state index contributed by atoms with van der Waals surface area (Å²) in [4.78, 5) is 35.6. The predicted molar refractivity (Wildman–Crippen MR) is 141 cm³/mol. The van der Waals surface area contributed by atoms with Crippen molar-refractivity contribution in [1.82, 2.24) is 14.3 Å². The van der Waals surface area contributed by atoms with E-state index in [2.05, 4.69) is 25.9 Å². The van der Waals surface area contributed by atoms with E-state index in [1.54, 1.807) is 35.2 Å². The molecule has 10 nitrogen and oxygen atoms in total. The van der Waals surface area contributed by atoms with E-state index in [0.29, 0.717) is 14.9 Å². The van der Waals surface area contributed by atoms with Crippen LogP contribution in [0.4, 0.5) is 5.95 Å². The second kappa shape index (κ2) is 10.9. The van der Waals surface area contributed by atoms with Gasteiger partial charge in [-0.15, -0.1) is 0 Å². The van der Waals surface area contributed by atoms with Gasteiger partial charge in [0.05, 0.1) is 42.0 Å². The lowest BCUT2D eigenvalue weighted by atomic mass is 9.87. The molecule has 0 bridgehead atoms. The minimum Gasteiger partial charge on any atom is -0.469 e. The first-order valence-corrected chi connectivity index (χ1v) is 13.8. The van der Waals surface area contributed by atoms with Crippen LogP contribution in [0.15, 0.2) is 58.2 Å². The Labute approximate surface area is 227 Å². The number of hydrogen-bond acceptors (Lipinski definition) is 9. The summed E-state index contributed by atoms with van der Waals surface area (Å²) >= 11 is 9.36. The van der Waals surface area contributed by atoms with Crippen LogP contribution in [0.1, 0.15) is 12.8 Å². The average molecular weight is 612 g/mol. The van der Waals surface area contributed by atoms with Gasteiger partial charge in [-0.3, -0.25) is 9.59 Å². The first-order chi connectivity index (χ1) is 17.6. The standard InChI is InChI=1S/C24H24BrClN4O6S/c1-35-21(31)11-24(12-22(32)36-2)15-29(7-8-30(24)23-27-13-18(25)14-28-23)37(33,34)20-6-4-16-9-19(26)5-3-17(16)10-20/h3-6,9-10,13-14H,7-8,11-12,15H2,1-2H3. The fourth-order valence-electron chi connectivity index (χ4n) is 4.45. The monoisotopic (exact) mass is 610 g/mol. The van der Waals surface area contributed by atoms with Crippen molar-refractivity contribution in [3.63, 3.8) is 0 Å². The summed E-state index contributed by atoms with van der Waals surface area (Å²) in [5.41, 5.74) is -1.36. The van der Waals surface area contributed by atoms with Gasteiger partial charge in [0.1, 0.15) is 0 Å². The van der Waals surface area contributed by atoms with Gasteiger partial charge in [-0.05, 0) is 51.0 Å². The van der Waals surface area contributed by atoms with Crippen molar-refractivity contribution in [2.75, 3.05) is 38.8 Å². The SMILES string of the molecule is COC(=O)CC1(CC(=O)OC)CN(S(=O)(=O)c2ccc3cc(Cl)ccc3c2)CCN1c1ncc(Br)cn1. The summed E-state index contributed by atoms with van der Waals surface area (Å²) in [5, 5.41) is 2.06. The van der Waals surface area contributed by atoms with E-state index < -0.39 is 27.5 Å². The summed E-state index contributed by atoms with van der Waals surface area (Å²) in [5.74, 6) is -0.990. The van der Waals surface area contributed by atoms with Crippen molar-refractivity contribution < 1.29 is 27.5 Å². The Bertz CT molecular complexity index is 1420. The number of sulfonamides is 1. The molecule has 1 aliphatic heterocycles. The molecule has 0 N–H and O–H groups in total. The normalized spacial score (nSPS) is 15.9. The Morgan fingerprint density at radius 2 is 1.59 bits per heavy atom. The number of ether oxygens (including phenoxy) is 2. The quantitative estimate of drug-likeness (QED) is 0.370. The third-order valence-electron chi connectivity index (χ3n) is 6.28. The highest BCUT2D eigenvalue weighted by atomic mass is 79.9. The molecule has 13 heteroatoms. The predicted octanol–water partition coefficient (Wildman–Crippen LogP) is 3.42. The second-order valence-corrected chi connectivity index (χ2v) is 11.9. The summed E-state index contributed by atoms with van der Waals surface area (Å²) in [6.45, 7) is 0.000159. The largest absolute Gasteiger partial charge is 0.469 e. The zero-order chi connectivity index (χ0) is 26.8. The number of benzene rings is 2. The second-order valence-electron chi connectivity index (χ2n) is 8.57. The number of esters is 2. The van der Waals surface area contributed by atoms with Crippen LogP contribution in [0, 0.1) is 0 Å². The van der Waals surface area contributed by atoms with Gasteiger partial charge >= 0.3 is 11.9 Å². The van der Waals surface area contributed by atoms with Crippen LogP contribution in [-0.2, 0) is 29.1 Å². The lowest BCUT2D eigenvalue weighted by molar-refractivity contribution is -0.145.